The van der Waals surface area contributed by atoms with E-state index in [1.807, 2.05) is 6.07 Å². The highest BCUT2D eigenvalue weighted by atomic mass is 35.5. The average molecular weight is 344 g/mol. The van der Waals surface area contributed by atoms with Gasteiger partial charge in [-0.2, -0.15) is 5.26 Å². The predicted molar refractivity (Wildman–Crippen MR) is 90.2 cm³/mol. The topological polar surface area (TPSA) is 64.9 Å². The van der Waals surface area contributed by atoms with Gasteiger partial charge >= 0.3 is 0 Å². The number of rotatable bonds is 6. The van der Waals surface area contributed by atoms with E-state index in [0.717, 1.165) is 11.1 Å². The Morgan fingerprint density at radius 1 is 1.08 bits per heavy atom. The number of amides is 1. The molecular formula is C18H15ClFN3O. The van der Waals surface area contributed by atoms with Crippen molar-refractivity contribution in [1.82, 2.24) is 10.6 Å². The Bertz CT molecular complexity index is 764. The van der Waals surface area contributed by atoms with E-state index in [0.29, 0.717) is 18.1 Å². The van der Waals surface area contributed by atoms with Crippen LogP contribution in [0.25, 0.3) is 0 Å². The predicted octanol–water partition coefficient (Wildman–Crippen LogP) is 3.29. The summed E-state index contributed by atoms with van der Waals surface area (Å²) in [6.45, 7) is 0.683. The monoisotopic (exact) mass is 343 g/mol. The molecule has 0 unspecified atom stereocenters. The number of halogens is 2. The molecule has 0 bridgehead atoms. The number of nitrogens with zero attached hydrogens (tertiary/aromatic N) is 1. The molecule has 0 spiro atoms. The minimum absolute atomic E-state index is 0.0360. The van der Waals surface area contributed by atoms with Crippen molar-refractivity contribution >= 4 is 17.5 Å². The average Bonchev–Trinajstić information content (AvgIpc) is 2.59. The molecule has 4 nitrogen and oxygen atoms in total. The lowest BCUT2D eigenvalue weighted by molar-refractivity contribution is -0.117. The second-order valence-electron chi connectivity index (χ2n) is 4.99. The molecule has 0 aliphatic heterocycles. The Morgan fingerprint density at radius 2 is 1.67 bits per heavy atom. The summed E-state index contributed by atoms with van der Waals surface area (Å²) < 4.78 is 12.8. The largest absolute Gasteiger partial charge is 0.386 e. The molecule has 24 heavy (non-hydrogen) atoms. The zero-order valence-electron chi connectivity index (χ0n) is 12.7. The lowest BCUT2D eigenvalue weighted by Gasteiger charge is -2.06. The molecule has 0 aliphatic rings. The number of hydrogen-bond acceptors (Lipinski definition) is 3. The van der Waals surface area contributed by atoms with Crippen LogP contribution in [0.2, 0.25) is 5.02 Å². The van der Waals surface area contributed by atoms with Crippen molar-refractivity contribution in [2.45, 2.75) is 13.1 Å². The Morgan fingerprint density at radius 3 is 2.29 bits per heavy atom. The van der Waals surface area contributed by atoms with Gasteiger partial charge in [0, 0.05) is 24.3 Å². The number of carbonyl (C=O) groups excluding carboxylic acids is 1. The first-order valence-corrected chi connectivity index (χ1v) is 7.57. The van der Waals surface area contributed by atoms with E-state index in [9.17, 15) is 9.18 Å². The highest BCUT2D eigenvalue weighted by molar-refractivity contribution is 6.30. The molecule has 2 aromatic rings. The lowest BCUT2D eigenvalue weighted by Crippen LogP contribution is -2.25. The van der Waals surface area contributed by atoms with Crippen LogP contribution in [0.5, 0.6) is 0 Å². The maximum absolute atomic E-state index is 12.8. The summed E-state index contributed by atoms with van der Waals surface area (Å²) in [6.07, 6.45) is 1.35. The second-order valence-corrected chi connectivity index (χ2v) is 5.42. The van der Waals surface area contributed by atoms with Gasteiger partial charge in [0.2, 0.25) is 0 Å². The van der Waals surface area contributed by atoms with Gasteiger partial charge in [-0.15, -0.1) is 0 Å². The number of hydrogen-bond donors (Lipinski definition) is 2. The molecule has 1 amide bonds. The van der Waals surface area contributed by atoms with Crippen molar-refractivity contribution in [3.8, 4) is 6.07 Å². The van der Waals surface area contributed by atoms with Crippen molar-refractivity contribution in [3.63, 3.8) is 0 Å². The first-order chi connectivity index (χ1) is 11.6. The Hall–Kier alpha value is -2.84. The highest BCUT2D eigenvalue weighted by Gasteiger charge is 2.08. The van der Waals surface area contributed by atoms with Crippen molar-refractivity contribution in [2.24, 2.45) is 0 Å². The molecule has 122 valence electrons. The molecule has 2 rings (SSSR count). The zero-order valence-corrected chi connectivity index (χ0v) is 13.5. The van der Waals surface area contributed by atoms with E-state index in [2.05, 4.69) is 10.6 Å². The third kappa shape index (κ3) is 5.41. The van der Waals surface area contributed by atoms with Gasteiger partial charge in [-0.3, -0.25) is 4.79 Å². The standard InChI is InChI=1S/C18H15ClFN3O/c19-16-5-1-14(2-6-16)11-23-18(24)15(9-21)12-22-10-13-3-7-17(20)8-4-13/h1-8,12,22H,10-11H2,(H,23,24)/b15-12-. The summed E-state index contributed by atoms with van der Waals surface area (Å²) in [5.41, 5.74) is 1.68. The number of benzene rings is 2. The third-order valence-electron chi connectivity index (χ3n) is 3.20. The Balaban J connectivity index is 1.87. The summed E-state index contributed by atoms with van der Waals surface area (Å²) in [6, 6.07) is 14.9. The van der Waals surface area contributed by atoms with E-state index in [-0.39, 0.29) is 11.4 Å². The summed E-state index contributed by atoms with van der Waals surface area (Å²) in [5.74, 6) is -0.785. The van der Waals surface area contributed by atoms with Gasteiger partial charge in [0.25, 0.3) is 5.91 Å². The molecule has 6 heteroatoms. The zero-order chi connectivity index (χ0) is 17.4. The summed E-state index contributed by atoms with van der Waals surface area (Å²) in [5, 5.41) is 15.2. The van der Waals surface area contributed by atoms with Crippen LogP contribution in [0, 0.1) is 17.1 Å². The molecule has 0 saturated carbocycles. The number of nitriles is 1. The fourth-order valence-corrected chi connectivity index (χ4v) is 2.03. The van der Waals surface area contributed by atoms with Crippen LogP contribution in [0.3, 0.4) is 0 Å². The Kier molecular flexibility index (Phi) is 6.35. The molecular weight excluding hydrogens is 329 g/mol. The van der Waals surface area contributed by atoms with Gasteiger partial charge in [-0.05, 0) is 35.4 Å². The van der Waals surface area contributed by atoms with Gasteiger partial charge in [-0.25, -0.2) is 4.39 Å². The molecule has 0 aliphatic carbocycles. The smallest absolute Gasteiger partial charge is 0.263 e. The van der Waals surface area contributed by atoms with Crippen molar-refractivity contribution in [1.29, 1.82) is 5.26 Å². The van der Waals surface area contributed by atoms with Crippen LogP contribution in [0.15, 0.2) is 60.3 Å². The van der Waals surface area contributed by atoms with Crippen molar-refractivity contribution in [2.75, 3.05) is 0 Å². The molecule has 0 aromatic heterocycles. The molecule has 0 fully saturated rings. The van der Waals surface area contributed by atoms with Gasteiger partial charge in [-0.1, -0.05) is 35.9 Å². The van der Waals surface area contributed by atoms with Crippen LogP contribution in [-0.2, 0) is 17.9 Å². The highest BCUT2D eigenvalue weighted by Crippen LogP contribution is 2.09. The third-order valence-corrected chi connectivity index (χ3v) is 3.45. The summed E-state index contributed by atoms with van der Waals surface area (Å²) >= 11 is 5.80. The van der Waals surface area contributed by atoms with Gasteiger partial charge in [0.15, 0.2) is 0 Å². The van der Waals surface area contributed by atoms with Crippen LogP contribution < -0.4 is 10.6 Å². The van der Waals surface area contributed by atoms with E-state index in [1.54, 1.807) is 36.4 Å². The minimum atomic E-state index is -0.473. The molecule has 0 radical (unpaired) electrons. The van der Waals surface area contributed by atoms with Crippen LogP contribution in [-0.4, -0.2) is 5.91 Å². The van der Waals surface area contributed by atoms with E-state index in [1.165, 1.54) is 18.3 Å². The first-order valence-electron chi connectivity index (χ1n) is 7.19. The maximum atomic E-state index is 12.8. The SMILES string of the molecule is N#C/C(=C/NCc1ccc(F)cc1)C(=O)NCc1ccc(Cl)cc1. The fourth-order valence-electron chi connectivity index (χ4n) is 1.90. The first kappa shape index (κ1) is 17.5. The summed E-state index contributed by atoms with van der Waals surface area (Å²) in [4.78, 5) is 12.0. The van der Waals surface area contributed by atoms with Gasteiger partial charge in [0.1, 0.15) is 17.5 Å². The van der Waals surface area contributed by atoms with E-state index >= 15 is 0 Å². The van der Waals surface area contributed by atoms with Gasteiger partial charge in [0.05, 0.1) is 0 Å². The van der Waals surface area contributed by atoms with E-state index < -0.39 is 5.91 Å². The Labute approximate surface area is 144 Å². The molecule has 0 saturated heterocycles. The number of nitrogens with one attached hydrogen (secondary N) is 2. The normalized spacial score (nSPS) is 10.8. The van der Waals surface area contributed by atoms with Crippen LogP contribution in [0.1, 0.15) is 11.1 Å². The fraction of sp³-hybridized carbons (Fsp3) is 0.111. The molecule has 2 aromatic carbocycles. The summed E-state index contributed by atoms with van der Waals surface area (Å²) in [7, 11) is 0. The molecule has 0 heterocycles. The number of carbonyl (C=O) groups is 1. The lowest BCUT2D eigenvalue weighted by atomic mass is 10.2. The maximum Gasteiger partial charge on any atom is 0.263 e. The second kappa shape index (κ2) is 8.70. The van der Waals surface area contributed by atoms with Gasteiger partial charge < -0.3 is 10.6 Å². The van der Waals surface area contributed by atoms with Crippen molar-refractivity contribution in [3.05, 3.63) is 82.3 Å². The van der Waals surface area contributed by atoms with Crippen molar-refractivity contribution < 1.29 is 9.18 Å². The van der Waals surface area contributed by atoms with E-state index in [4.69, 9.17) is 16.9 Å². The van der Waals surface area contributed by atoms with Crippen LogP contribution >= 0.6 is 11.6 Å². The van der Waals surface area contributed by atoms with Crippen LogP contribution in [0.4, 0.5) is 4.39 Å². The quantitative estimate of drug-likeness (QED) is 0.625. The molecule has 0 atom stereocenters. The minimum Gasteiger partial charge on any atom is -0.386 e. The molecule has 2 N–H and O–H groups in total.